The van der Waals surface area contributed by atoms with E-state index >= 15 is 0 Å². The van der Waals surface area contributed by atoms with E-state index in [1.54, 1.807) is 0 Å². The predicted octanol–water partition coefficient (Wildman–Crippen LogP) is 4.15. The Kier molecular flexibility index (Phi) is 6.92. The van der Waals surface area contributed by atoms with Crippen molar-refractivity contribution in [3.63, 3.8) is 0 Å². The minimum Gasteiger partial charge on any atom is -0.492 e. The van der Waals surface area contributed by atoms with Crippen molar-refractivity contribution in [1.29, 1.82) is 0 Å². The fraction of sp³-hybridized carbons (Fsp3) is 0.533. The molecule has 0 fully saturated rings. The number of benzene rings is 1. The SMILES string of the molecule is CCCC(Br)Cc1ccc(NC(C)=O)c(OCC)c1. The summed E-state index contributed by atoms with van der Waals surface area (Å²) in [5, 5.41) is 2.79. The van der Waals surface area contributed by atoms with Gasteiger partial charge in [0.2, 0.25) is 5.91 Å². The van der Waals surface area contributed by atoms with Crippen molar-refractivity contribution in [3.8, 4) is 5.75 Å². The average molecular weight is 328 g/mol. The number of rotatable bonds is 7. The van der Waals surface area contributed by atoms with Crippen molar-refractivity contribution >= 4 is 27.5 Å². The number of hydrogen-bond acceptors (Lipinski definition) is 2. The molecule has 1 rings (SSSR count). The summed E-state index contributed by atoms with van der Waals surface area (Å²) in [6, 6.07) is 5.96. The molecule has 0 spiro atoms. The third kappa shape index (κ3) is 5.64. The summed E-state index contributed by atoms with van der Waals surface area (Å²) >= 11 is 3.69. The molecular formula is C15H22BrNO2. The highest BCUT2D eigenvalue weighted by Crippen LogP contribution is 2.27. The normalized spacial score (nSPS) is 12.0. The highest BCUT2D eigenvalue weighted by Gasteiger charge is 2.09. The minimum atomic E-state index is -0.0851. The van der Waals surface area contributed by atoms with Crippen molar-refractivity contribution in [3.05, 3.63) is 23.8 Å². The van der Waals surface area contributed by atoms with E-state index in [0.717, 1.165) is 30.7 Å². The number of anilines is 1. The van der Waals surface area contributed by atoms with E-state index in [2.05, 4.69) is 28.2 Å². The summed E-state index contributed by atoms with van der Waals surface area (Å²) in [6.45, 7) is 6.20. The average Bonchev–Trinajstić information content (AvgIpc) is 2.32. The van der Waals surface area contributed by atoms with Crippen LogP contribution < -0.4 is 10.1 Å². The van der Waals surface area contributed by atoms with E-state index < -0.39 is 0 Å². The van der Waals surface area contributed by atoms with E-state index in [0.29, 0.717) is 11.4 Å². The Balaban J connectivity index is 2.85. The van der Waals surface area contributed by atoms with Gasteiger partial charge in [-0.1, -0.05) is 35.3 Å². The second-order valence-corrected chi connectivity index (χ2v) is 5.83. The highest BCUT2D eigenvalue weighted by atomic mass is 79.9. The van der Waals surface area contributed by atoms with Crippen LogP contribution in [0.15, 0.2) is 18.2 Å². The second kappa shape index (κ2) is 8.20. The lowest BCUT2D eigenvalue weighted by Crippen LogP contribution is -2.09. The first-order valence-electron chi connectivity index (χ1n) is 6.74. The van der Waals surface area contributed by atoms with Crippen molar-refractivity contribution in [2.24, 2.45) is 0 Å². The van der Waals surface area contributed by atoms with Crippen LogP contribution in [0, 0.1) is 0 Å². The summed E-state index contributed by atoms with van der Waals surface area (Å²) < 4.78 is 5.59. The molecule has 1 amide bonds. The molecule has 4 heteroatoms. The fourth-order valence-electron chi connectivity index (χ4n) is 1.93. The number of carbonyl (C=O) groups excluding carboxylic acids is 1. The Morgan fingerprint density at radius 1 is 1.42 bits per heavy atom. The number of hydrogen-bond donors (Lipinski definition) is 1. The molecule has 1 unspecified atom stereocenters. The van der Waals surface area contributed by atoms with Gasteiger partial charge in [-0.2, -0.15) is 0 Å². The van der Waals surface area contributed by atoms with Gasteiger partial charge in [-0.3, -0.25) is 4.79 Å². The van der Waals surface area contributed by atoms with Gasteiger partial charge in [-0.05, 0) is 37.5 Å². The lowest BCUT2D eigenvalue weighted by atomic mass is 10.1. The molecule has 0 heterocycles. The quantitative estimate of drug-likeness (QED) is 0.764. The maximum Gasteiger partial charge on any atom is 0.221 e. The highest BCUT2D eigenvalue weighted by molar-refractivity contribution is 9.09. The third-order valence-corrected chi connectivity index (χ3v) is 3.50. The van der Waals surface area contributed by atoms with Gasteiger partial charge in [-0.25, -0.2) is 0 Å². The molecule has 0 radical (unpaired) electrons. The molecule has 0 saturated carbocycles. The van der Waals surface area contributed by atoms with E-state index in [4.69, 9.17) is 4.74 Å². The van der Waals surface area contributed by atoms with Crippen LogP contribution in [0.5, 0.6) is 5.75 Å². The number of amides is 1. The van der Waals surface area contributed by atoms with Gasteiger partial charge in [-0.15, -0.1) is 0 Å². The standard InChI is InChI=1S/C15H22BrNO2/c1-4-6-13(16)9-12-7-8-14(17-11(3)18)15(10-12)19-5-2/h7-8,10,13H,4-6,9H2,1-3H3,(H,17,18). The fourth-order valence-corrected chi connectivity index (χ4v) is 2.76. The maximum atomic E-state index is 11.1. The van der Waals surface area contributed by atoms with Crippen LogP contribution in [-0.2, 0) is 11.2 Å². The number of ether oxygens (including phenoxy) is 1. The molecule has 19 heavy (non-hydrogen) atoms. The van der Waals surface area contributed by atoms with Crippen LogP contribution in [0.4, 0.5) is 5.69 Å². The first-order chi connectivity index (χ1) is 9.06. The molecule has 1 N–H and O–H groups in total. The van der Waals surface area contributed by atoms with Crippen LogP contribution in [0.25, 0.3) is 0 Å². The summed E-state index contributed by atoms with van der Waals surface area (Å²) in [5.74, 6) is 0.657. The first kappa shape index (κ1) is 16.0. The molecule has 1 aromatic carbocycles. The van der Waals surface area contributed by atoms with Gasteiger partial charge in [0.25, 0.3) is 0 Å². The largest absolute Gasteiger partial charge is 0.492 e. The molecule has 0 aliphatic carbocycles. The van der Waals surface area contributed by atoms with Crippen molar-refractivity contribution in [1.82, 2.24) is 0 Å². The van der Waals surface area contributed by atoms with Gasteiger partial charge in [0, 0.05) is 11.8 Å². The predicted molar refractivity (Wildman–Crippen MR) is 83.2 cm³/mol. The Hall–Kier alpha value is -1.03. The summed E-state index contributed by atoms with van der Waals surface area (Å²) in [7, 11) is 0. The summed E-state index contributed by atoms with van der Waals surface area (Å²) in [5.41, 5.74) is 1.95. The van der Waals surface area contributed by atoms with E-state index in [9.17, 15) is 4.79 Å². The van der Waals surface area contributed by atoms with E-state index in [1.807, 2.05) is 25.1 Å². The number of halogens is 1. The zero-order valence-electron chi connectivity index (χ0n) is 11.8. The van der Waals surface area contributed by atoms with E-state index in [1.165, 1.54) is 12.5 Å². The molecule has 0 saturated heterocycles. The summed E-state index contributed by atoms with van der Waals surface area (Å²) in [6.07, 6.45) is 3.28. The second-order valence-electron chi connectivity index (χ2n) is 4.53. The van der Waals surface area contributed by atoms with Crippen molar-refractivity contribution in [2.75, 3.05) is 11.9 Å². The molecule has 0 bridgehead atoms. The molecule has 0 aliphatic heterocycles. The zero-order valence-corrected chi connectivity index (χ0v) is 13.4. The van der Waals surface area contributed by atoms with Crippen LogP contribution in [0.2, 0.25) is 0 Å². The number of alkyl halides is 1. The van der Waals surface area contributed by atoms with Gasteiger partial charge >= 0.3 is 0 Å². The molecule has 0 aliphatic rings. The molecule has 106 valence electrons. The molecule has 1 atom stereocenters. The Morgan fingerprint density at radius 3 is 2.74 bits per heavy atom. The Morgan fingerprint density at radius 2 is 2.16 bits per heavy atom. The lowest BCUT2D eigenvalue weighted by molar-refractivity contribution is -0.114. The third-order valence-electron chi connectivity index (χ3n) is 2.72. The summed E-state index contributed by atoms with van der Waals surface area (Å²) in [4.78, 5) is 11.6. The van der Waals surface area contributed by atoms with E-state index in [-0.39, 0.29) is 5.91 Å². The lowest BCUT2D eigenvalue weighted by Gasteiger charge is -2.14. The molecular weight excluding hydrogens is 306 g/mol. The van der Waals surface area contributed by atoms with Crippen LogP contribution in [-0.4, -0.2) is 17.3 Å². The number of nitrogens with one attached hydrogen (secondary N) is 1. The maximum absolute atomic E-state index is 11.1. The van der Waals surface area contributed by atoms with Crippen molar-refractivity contribution in [2.45, 2.75) is 44.9 Å². The Labute approximate surface area is 123 Å². The molecule has 1 aromatic rings. The van der Waals surface area contributed by atoms with Gasteiger partial charge in [0.05, 0.1) is 12.3 Å². The van der Waals surface area contributed by atoms with Crippen LogP contribution in [0.1, 0.15) is 39.2 Å². The smallest absolute Gasteiger partial charge is 0.221 e. The van der Waals surface area contributed by atoms with Crippen LogP contribution in [0.3, 0.4) is 0 Å². The minimum absolute atomic E-state index is 0.0851. The monoisotopic (exact) mass is 327 g/mol. The Bertz CT molecular complexity index is 421. The van der Waals surface area contributed by atoms with Gasteiger partial charge in [0.1, 0.15) is 5.75 Å². The van der Waals surface area contributed by atoms with Crippen molar-refractivity contribution < 1.29 is 9.53 Å². The van der Waals surface area contributed by atoms with Gasteiger partial charge in [0.15, 0.2) is 0 Å². The topological polar surface area (TPSA) is 38.3 Å². The first-order valence-corrected chi connectivity index (χ1v) is 7.65. The van der Waals surface area contributed by atoms with Crippen LogP contribution >= 0.6 is 15.9 Å². The molecule has 3 nitrogen and oxygen atoms in total. The number of carbonyl (C=O) groups is 1. The molecule has 0 aromatic heterocycles. The zero-order chi connectivity index (χ0) is 14.3. The van der Waals surface area contributed by atoms with Gasteiger partial charge < -0.3 is 10.1 Å².